The Labute approximate surface area is 114 Å². The van der Waals surface area contributed by atoms with Crippen LogP contribution < -0.4 is 0 Å². The smallest absolute Gasteiger partial charge is 0.379 e. The van der Waals surface area contributed by atoms with Gasteiger partial charge in [-0.25, -0.2) is 4.79 Å². The van der Waals surface area contributed by atoms with Gasteiger partial charge in [0.05, 0.1) is 11.5 Å². The second kappa shape index (κ2) is 5.13. The fourth-order valence-corrected chi connectivity index (χ4v) is 3.37. The summed E-state index contributed by atoms with van der Waals surface area (Å²) in [5.74, 6) is -0.149. The van der Waals surface area contributed by atoms with Crippen molar-refractivity contribution < 1.29 is 14.1 Å². The van der Waals surface area contributed by atoms with Crippen LogP contribution in [0.25, 0.3) is 10.8 Å². The third kappa shape index (κ3) is 2.40. The number of carbonyl (C=O) groups is 1. The predicted octanol–water partition coefficient (Wildman–Crippen LogP) is 2.85. The van der Waals surface area contributed by atoms with Crippen molar-refractivity contribution >= 4 is 17.3 Å². The summed E-state index contributed by atoms with van der Waals surface area (Å²) in [7, 11) is 0. The SMILES string of the molecule is CCOC(=O)c1noc(-c2cc3c(s2)CCCC3)n1. The van der Waals surface area contributed by atoms with Crippen molar-refractivity contribution in [1.82, 2.24) is 10.1 Å². The minimum absolute atomic E-state index is 0.0109. The number of nitrogens with zero attached hydrogens (tertiary/aromatic N) is 2. The van der Waals surface area contributed by atoms with E-state index >= 15 is 0 Å². The Morgan fingerprint density at radius 3 is 3.11 bits per heavy atom. The molecule has 19 heavy (non-hydrogen) atoms. The molecule has 0 saturated heterocycles. The van der Waals surface area contributed by atoms with Crippen molar-refractivity contribution in [1.29, 1.82) is 0 Å². The molecule has 0 unspecified atom stereocenters. The summed E-state index contributed by atoms with van der Waals surface area (Å²) in [4.78, 5) is 17.9. The maximum absolute atomic E-state index is 11.5. The first-order chi connectivity index (χ1) is 9.28. The van der Waals surface area contributed by atoms with Crippen LogP contribution in [-0.2, 0) is 17.6 Å². The maximum Gasteiger partial charge on any atom is 0.379 e. The molecule has 1 aliphatic carbocycles. The highest BCUT2D eigenvalue weighted by Gasteiger charge is 2.20. The molecule has 0 spiro atoms. The Balaban J connectivity index is 1.86. The lowest BCUT2D eigenvalue weighted by atomic mass is 9.99. The summed E-state index contributed by atoms with van der Waals surface area (Å²) in [5.41, 5.74) is 1.38. The second-order valence-corrected chi connectivity index (χ2v) is 5.55. The van der Waals surface area contributed by atoms with E-state index in [9.17, 15) is 4.79 Å². The van der Waals surface area contributed by atoms with E-state index in [0.717, 1.165) is 17.7 Å². The molecule has 0 fully saturated rings. The van der Waals surface area contributed by atoms with Gasteiger partial charge >= 0.3 is 5.97 Å². The largest absolute Gasteiger partial charge is 0.460 e. The van der Waals surface area contributed by atoms with Gasteiger partial charge in [-0.3, -0.25) is 0 Å². The van der Waals surface area contributed by atoms with Gasteiger partial charge in [-0.05, 0) is 49.4 Å². The molecule has 0 aromatic carbocycles. The van der Waals surface area contributed by atoms with Crippen LogP contribution in [0.5, 0.6) is 0 Å². The Hall–Kier alpha value is -1.69. The van der Waals surface area contributed by atoms with Gasteiger partial charge in [-0.2, -0.15) is 4.98 Å². The van der Waals surface area contributed by atoms with Crippen LogP contribution in [0.15, 0.2) is 10.6 Å². The van der Waals surface area contributed by atoms with E-state index in [4.69, 9.17) is 9.26 Å². The number of carbonyl (C=O) groups excluding carboxylic acids is 1. The Morgan fingerprint density at radius 1 is 1.47 bits per heavy atom. The lowest BCUT2D eigenvalue weighted by Crippen LogP contribution is -2.06. The molecule has 1 aliphatic rings. The van der Waals surface area contributed by atoms with Gasteiger partial charge in [0.1, 0.15) is 0 Å². The number of aromatic nitrogens is 2. The van der Waals surface area contributed by atoms with E-state index in [1.165, 1.54) is 23.3 Å². The maximum atomic E-state index is 11.5. The molecule has 0 aliphatic heterocycles. The molecule has 0 atom stereocenters. The molecule has 0 radical (unpaired) electrons. The van der Waals surface area contributed by atoms with Crippen molar-refractivity contribution in [3.63, 3.8) is 0 Å². The number of aryl methyl sites for hydroxylation is 2. The van der Waals surface area contributed by atoms with Crippen LogP contribution in [-0.4, -0.2) is 22.7 Å². The molecule has 0 N–H and O–H groups in total. The van der Waals surface area contributed by atoms with Crippen LogP contribution in [0.4, 0.5) is 0 Å². The number of hydrogen-bond donors (Lipinski definition) is 0. The molecule has 6 heteroatoms. The molecule has 0 amide bonds. The molecule has 100 valence electrons. The van der Waals surface area contributed by atoms with Crippen molar-refractivity contribution in [2.24, 2.45) is 0 Å². The van der Waals surface area contributed by atoms with Crippen molar-refractivity contribution in [2.75, 3.05) is 6.61 Å². The van der Waals surface area contributed by atoms with Gasteiger partial charge < -0.3 is 9.26 Å². The highest BCUT2D eigenvalue weighted by molar-refractivity contribution is 7.15. The van der Waals surface area contributed by atoms with Gasteiger partial charge in [-0.15, -0.1) is 11.3 Å². The molecular weight excluding hydrogens is 264 g/mol. The number of esters is 1. The second-order valence-electron chi connectivity index (χ2n) is 4.41. The van der Waals surface area contributed by atoms with E-state index in [1.54, 1.807) is 18.3 Å². The molecule has 0 bridgehead atoms. The number of hydrogen-bond acceptors (Lipinski definition) is 6. The highest BCUT2D eigenvalue weighted by atomic mass is 32.1. The first-order valence-corrected chi connectivity index (χ1v) is 7.22. The molecular formula is C13H14N2O3S. The van der Waals surface area contributed by atoms with Gasteiger partial charge in [-0.1, -0.05) is 0 Å². The number of fused-ring (bicyclic) bond motifs is 1. The van der Waals surface area contributed by atoms with Crippen molar-refractivity contribution in [3.05, 3.63) is 22.3 Å². The van der Waals surface area contributed by atoms with E-state index in [0.29, 0.717) is 12.5 Å². The molecule has 5 nitrogen and oxygen atoms in total. The summed E-state index contributed by atoms with van der Waals surface area (Å²) in [6.45, 7) is 2.04. The number of rotatable bonds is 3. The monoisotopic (exact) mass is 278 g/mol. The van der Waals surface area contributed by atoms with E-state index in [1.807, 2.05) is 0 Å². The van der Waals surface area contributed by atoms with Crippen molar-refractivity contribution in [2.45, 2.75) is 32.6 Å². The molecule has 2 aromatic heterocycles. The van der Waals surface area contributed by atoms with E-state index < -0.39 is 5.97 Å². The van der Waals surface area contributed by atoms with Crippen LogP contribution in [0.2, 0.25) is 0 Å². The lowest BCUT2D eigenvalue weighted by Gasteiger charge is -2.08. The average molecular weight is 278 g/mol. The quantitative estimate of drug-likeness (QED) is 0.808. The summed E-state index contributed by atoms with van der Waals surface area (Å²) in [6, 6.07) is 2.10. The number of thiophene rings is 1. The molecule has 3 rings (SSSR count). The Kier molecular flexibility index (Phi) is 3.33. The van der Waals surface area contributed by atoms with Gasteiger partial charge in [0.2, 0.25) is 0 Å². The molecule has 0 saturated carbocycles. The predicted molar refractivity (Wildman–Crippen MR) is 70.2 cm³/mol. The Morgan fingerprint density at radius 2 is 2.32 bits per heavy atom. The van der Waals surface area contributed by atoms with Crippen LogP contribution >= 0.6 is 11.3 Å². The number of ether oxygens (including phenoxy) is 1. The van der Waals surface area contributed by atoms with Gasteiger partial charge in [0.25, 0.3) is 11.7 Å². The van der Waals surface area contributed by atoms with Crippen molar-refractivity contribution in [3.8, 4) is 10.8 Å². The third-order valence-electron chi connectivity index (χ3n) is 3.09. The first kappa shape index (κ1) is 12.3. The summed E-state index contributed by atoms with van der Waals surface area (Å²) < 4.78 is 9.98. The topological polar surface area (TPSA) is 65.2 Å². The zero-order chi connectivity index (χ0) is 13.2. The molecule has 2 aromatic rings. The fourth-order valence-electron chi connectivity index (χ4n) is 2.20. The van der Waals surface area contributed by atoms with Gasteiger partial charge in [0.15, 0.2) is 0 Å². The summed E-state index contributed by atoms with van der Waals surface area (Å²) >= 11 is 1.68. The molecule has 2 heterocycles. The Bertz CT molecular complexity index is 579. The normalized spacial score (nSPS) is 14.2. The minimum atomic E-state index is -0.543. The van der Waals surface area contributed by atoms with Crippen LogP contribution in [0.3, 0.4) is 0 Å². The highest BCUT2D eigenvalue weighted by Crippen LogP contribution is 2.34. The van der Waals surface area contributed by atoms with Crippen LogP contribution in [0, 0.1) is 0 Å². The van der Waals surface area contributed by atoms with E-state index in [2.05, 4.69) is 16.2 Å². The summed E-state index contributed by atoms with van der Waals surface area (Å²) in [5, 5.41) is 3.66. The lowest BCUT2D eigenvalue weighted by molar-refractivity contribution is 0.0508. The zero-order valence-electron chi connectivity index (χ0n) is 10.6. The standard InChI is InChI=1S/C13H14N2O3S/c1-2-17-13(16)11-14-12(18-15-11)10-7-8-5-3-4-6-9(8)19-10/h7H,2-6H2,1H3. The fraction of sp³-hybridized carbons (Fsp3) is 0.462. The average Bonchev–Trinajstić information content (AvgIpc) is 3.05. The van der Waals surface area contributed by atoms with Crippen LogP contribution in [0.1, 0.15) is 40.8 Å². The summed E-state index contributed by atoms with van der Waals surface area (Å²) in [6.07, 6.45) is 4.72. The third-order valence-corrected chi connectivity index (χ3v) is 4.32. The van der Waals surface area contributed by atoms with Gasteiger partial charge in [0, 0.05) is 4.88 Å². The first-order valence-electron chi connectivity index (χ1n) is 6.40. The zero-order valence-corrected chi connectivity index (χ0v) is 11.5. The minimum Gasteiger partial charge on any atom is -0.460 e. The van der Waals surface area contributed by atoms with E-state index in [-0.39, 0.29) is 5.82 Å².